The third-order valence-electron chi connectivity index (χ3n) is 6.98. The monoisotopic (exact) mass is 355 g/mol. The summed E-state index contributed by atoms with van der Waals surface area (Å²) in [5.74, 6) is -3.14. The van der Waals surface area contributed by atoms with Gasteiger partial charge in [-0.3, -0.25) is 4.79 Å². The van der Waals surface area contributed by atoms with Crippen molar-refractivity contribution in [1.29, 1.82) is 0 Å². The molecule has 1 saturated heterocycles. The largest absolute Gasteiger partial charge is 0.343 e. The molecule has 5 nitrogen and oxygen atoms in total. The molecule has 0 spiro atoms. The number of hydrogen-bond acceptors (Lipinski definition) is 2. The van der Waals surface area contributed by atoms with E-state index in [0.717, 1.165) is 6.42 Å². The van der Waals surface area contributed by atoms with Gasteiger partial charge in [0.25, 0.3) is 5.92 Å². The van der Waals surface area contributed by atoms with Gasteiger partial charge in [0.15, 0.2) is 0 Å². The number of urea groups is 1. The number of carbonyl (C=O) groups is 2. The molecule has 0 aromatic rings. The zero-order chi connectivity index (χ0) is 17.8. The van der Waals surface area contributed by atoms with E-state index in [-0.39, 0.29) is 23.9 Å². The van der Waals surface area contributed by atoms with Crippen molar-refractivity contribution in [3.63, 3.8) is 0 Å². The highest BCUT2D eigenvalue weighted by molar-refractivity contribution is 5.75. The number of piperidine rings is 1. The Morgan fingerprint density at radius 1 is 1.04 bits per heavy atom. The van der Waals surface area contributed by atoms with Crippen molar-refractivity contribution in [3.8, 4) is 0 Å². The molecule has 7 heteroatoms. The predicted octanol–water partition coefficient (Wildman–Crippen LogP) is 2.37. The number of nitrogens with zero attached hydrogens (tertiary/aromatic N) is 1. The summed E-state index contributed by atoms with van der Waals surface area (Å²) < 4.78 is 29.2. The predicted molar refractivity (Wildman–Crippen MR) is 88.1 cm³/mol. The second-order valence-electron chi connectivity index (χ2n) is 8.47. The molecule has 4 bridgehead atoms. The van der Waals surface area contributed by atoms with E-state index in [1.807, 2.05) is 0 Å². The van der Waals surface area contributed by atoms with Crippen LogP contribution in [0.3, 0.4) is 0 Å². The molecule has 0 aromatic carbocycles. The number of amides is 3. The first kappa shape index (κ1) is 17.0. The highest BCUT2D eigenvalue weighted by Gasteiger charge is 2.63. The minimum atomic E-state index is -2.64. The van der Waals surface area contributed by atoms with Crippen molar-refractivity contribution in [2.75, 3.05) is 13.1 Å². The SMILES string of the molecule is CC(=O)N1CCC(NC(=O)NC2C3CC4CC(C3)C(F)(F)C2C4)CC1. The lowest BCUT2D eigenvalue weighted by molar-refractivity contribution is -0.212. The molecule has 2 N–H and O–H groups in total. The first-order chi connectivity index (χ1) is 11.8. The third kappa shape index (κ3) is 2.99. The standard InChI is InChI=1S/C18H27F2N3O2/c1-10(24)23-4-2-14(3-5-23)21-17(25)22-16-12-6-11-7-13(9-12)18(19,20)15(16)8-11/h11-16H,2-9H2,1H3,(H2,21,22,25). The Kier molecular flexibility index (Phi) is 4.15. The molecule has 5 atom stereocenters. The van der Waals surface area contributed by atoms with Gasteiger partial charge in [0, 0.05) is 43.9 Å². The number of rotatable bonds is 2. The second-order valence-corrected chi connectivity index (χ2v) is 8.47. The maximum atomic E-state index is 14.6. The summed E-state index contributed by atoms with van der Waals surface area (Å²) in [5.41, 5.74) is 0. The summed E-state index contributed by atoms with van der Waals surface area (Å²) in [6.07, 6.45) is 4.15. The van der Waals surface area contributed by atoms with E-state index in [1.54, 1.807) is 11.8 Å². The molecule has 140 valence electrons. The topological polar surface area (TPSA) is 61.4 Å². The minimum absolute atomic E-state index is 0.00736. The van der Waals surface area contributed by atoms with Gasteiger partial charge >= 0.3 is 6.03 Å². The molecule has 4 aliphatic carbocycles. The van der Waals surface area contributed by atoms with Crippen LogP contribution in [0.25, 0.3) is 0 Å². The number of halogens is 2. The molecule has 1 aliphatic heterocycles. The van der Waals surface area contributed by atoms with Crippen LogP contribution in [0.15, 0.2) is 0 Å². The Labute approximate surface area is 146 Å². The van der Waals surface area contributed by atoms with Gasteiger partial charge in [0.1, 0.15) is 0 Å². The van der Waals surface area contributed by atoms with Crippen LogP contribution in [0, 0.1) is 23.7 Å². The summed E-state index contributed by atoms with van der Waals surface area (Å²) in [6.45, 7) is 2.82. The van der Waals surface area contributed by atoms with Gasteiger partial charge in [-0.25, -0.2) is 13.6 Å². The molecule has 25 heavy (non-hydrogen) atoms. The van der Waals surface area contributed by atoms with E-state index in [4.69, 9.17) is 0 Å². The molecule has 5 unspecified atom stereocenters. The molecule has 3 amide bonds. The Morgan fingerprint density at radius 3 is 2.44 bits per heavy atom. The zero-order valence-corrected chi connectivity index (χ0v) is 14.6. The van der Waals surface area contributed by atoms with Gasteiger partial charge in [0.05, 0.1) is 0 Å². The van der Waals surface area contributed by atoms with Crippen LogP contribution in [0.4, 0.5) is 13.6 Å². The fourth-order valence-corrected chi connectivity index (χ4v) is 5.75. The van der Waals surface area contributed by atoms with Gasteiger partial charge in [-0.05, 0) is 50.4 Å². The van der Waals surface area contributed by atoms with Gasteiger partial charge in [-0.15, -0.1) is 0 Å². The number of hydrogen-bond donors (Lipinski definition) is 2. The van der Waals surface area contributed by atoms with Crippen molar-refractivity contribution in [2.24, 2.45) is 23.7 Å². The van der Waals surface area contributed by atoms with E-state index in [0.29, 0.717) is 51.1 Å². The fraction of sp³-hybridized carbons (Fsp3) is 0.889. The average Bonchev–Trinajstić information content (AvgIpc) is 2.56. The summed E-state index contributed by atoms with van der Waals surface area (Å²) in [5, 5.41) is 5.82. The second kappa shape index (κ2) is 6.09. The first-order valence-corrected chi connectivity index (χ1v) is 9.55. The molecule has 0 aromatic heterocycles. The van der Waals surface area contributed by atoms with Crippen LogP contribution in [0.5, 0.6) is 0 Å². The van der Waals surface area contributed by atoms with E-state index in [1.165, 1.54) is 0 Å². The molecule has 5 fully saturated rings. The van der Waals surface area contributed by atoms with Crippen LogP contribution < -0.4 is 10.6 Å². The smallest absolute Gasteiger partial charge is 0.315 e. The average molecular weight is 355 g/mol. The highest BCUT2D eigenvalue weighted by Crippen LogP contribution is 2.60. The lowest BCUT2D eigenvalue weighted by atomic mass is 9.52. The van der Waals surface area contributed by atoms with E-state index in [2.05, 4.69) is 10.6 Å². The molecular weight excluding hydrogens is 328 g/mol. The number of likely N-dealkylation sites (tertiary alicyclic amines) is 1. The van der Waals surface area contributed by atoms with Crippen molar-refractivity contribution < 1.29 is 18.4 Å². The van der Waals surface area contributed by atoms with Gasteiger partial charge in [-0.2, -0.15) is 0 Å². The zero-order valence-electron chi connectivity index (χ0n) is 14.6. The molecule has 5 rings (SSSR count). The van der Waals surface area contributed by atoms with Crippen molar-refractivity contribution in [1.82, 2.24) is 15.5 Å². The van der Waals surface area contributed by atoms with E-state index in [9.17, 15) is 18.4 Å². The lowest BCUT2D eigenvalue weighted by Gasteiger charge is -2.57. The first-order valence-electron chi connectivity index (χ1n) is 9.55. The molecular formula is C18H27F2N3O2. The molecule has 0 radical (unpaired) electrons. The Hall–Kier alpha value is -1.40. The fourth-order valence-electron chi connectivity index (χ4n) is 5.75. The summed E-state index contributed by atoms with van der Waals surface area (Å²) in [6, 6.07) is -0.720. The number of carbonyl (C=O) groups excluding carboxylic acids is 2. The Morgan fingerprint density at radius 2 is 1.76 bits per heavy atom. The van der Waals surface area contributed by atoms with E-state index < -0.39 is 23.8 Å². The lowest BCUT2D eigenvalue weighted by Crippen LogP contribution is -2.65. The third-order valence-corrected chi connectivity index (χ3v) is 6.98. The summed E-state index contributed by atoms with van der Waals surface area (Å²) in [4.78, 5) is 25.5. The Balaban J connectivity index is 1.33. The van der Waals surface area contributed by atoms with Crippen molar-refractivity contribution in [2.45, 2.75) is 63.5 Å². The number of alkyl halides is 2. The van der Waals surface area contributed by atoms with E-state index >= 15 is 0 Å². The summed E-state index contributed by atoms with van der Waals surface area (Å²) in [7, 11) is 0. The van der Waals surface area contributed by atoms with Crippen LogP contribution in [-0.2, 0) is 4.79 Å². The molecule has 5 aliphatic rings. The van der Waals surface area contributed by atoms with Gasteiger partial charge < -0.3 is 15.5 Å². The maximum Gasteiger partial charge on any atom is 0.315 e. The molecule has 1 heterocycles. The van der Waals surface area contributed by atoms with Gasteiger partial charge in [-0.1, -0.05) is 0 Å². The highest BCUT2D eigenvalue weighted by atomic mass is 19.3. The Bertz CT molecular complexity index is 563. The van der Waals surface area contributed by atoms with Gasteiger partial charge in [0.2, 0.25) is 5.91 Å². The minimum Gasteiger partial charge on any atom is -0.343 e. The van der Waals surface area contributed by atoms with Crippen LogP contribution in [0.1, 0.15) is 45.4 Å². The van der Waals surface area contributed by atoms with Crippen molar-refractivity contribution in [3.05, 3.63) is 0 Å². The van der Waals surface area contributed by atoms with Crippen LogP contribution >= 0.6 is 0 Å². The van der Waals surface area contributed by atoms with Crippen molar-refractivity contribution >= 4 is 11.9 Å². The maximum absolute atomic E-state index is 14.6. The summed E-state index contributed by atoms with van der Waals surface area (Å²) >= 11 is 0. The van der Waals surface area contributed by atoms with Crippen LogP contribution in [0.2, 0.25) is 0 Å². The quantitative estimate of drug-likeness (QED) is 0.799. The normalized spacial score (nSPS) is 39.3. The molecule has 4 saturated carbocycles. The van der Waals surface area contributed by atoms with Crippen LogP contribution in [-0.4, -0.2) is 47.9 Å². The number of nitrogens with one attached hydrogen (secondary N) is 2.